The van der Waals surface area contributed by atoms with Crippen molar-refractivity contribution in [3.8, 4) is 0 Å². The van der Waals surface area contributed by atoms with Crippen molar-refractivity contribution in [2.45, 2.75) is 31.1 Å². The Labute approximate surface area is 136 Å². The van der Waals surface area contributed by atoms with Crippen molar-refractivity contribution in [1.29, 1.82) is 0 Å². The first-order chi connectivity index (χ1) is 8.52. The van der Waals surface area contributed by atoms with E-state index in [4.69, 9.17) is 0 Å². The molecule has 0 radical (unpaired) electrons. The van der Waals surface area contributed by atoms with Gasteiger partial charge < -0.3 is 4.55 Å². The third-order valence-electron chi connectivity index (χ3n) is 2.97. The molecule has 2 aromatic carbocycles. The molecule has 19 heavy (non-hydrogen) atoms. The van der Waals surface area contributed by atoms with E-state index in [2.05, 4.69) is 6.92 Å². The number of benzene rings is 2. The second kappa shape index (κ2) is 6.86. The Balaban J connectivity index is 0.00000180. The van der Waals surface area contributed by atoms with E-state index >= 15 is 0 Å². The number of rotatable bonds is 4. The fourth-order valence-electron chi connectivity index (χ4n) is 2.07. The van der Waals surface area contributed by atoms with Crippen LogP contribution in [0.4, 0.5) is 0 Å². The van der Waals surface area contributed by atoms with E-state index in [1.165, 1.54) is 6.07 Å². The van der Waals surface area contributed by atoms with E-state index in [0.29, 0.717) is 5.39 Å². The van der Waals surface area contributed by atoms with Gasteiger partial charge in [-0.1, -0.05) is 43.7 Å². The Morgan fingerprint density at radius 2 is 1.84 bits per heavy atom. The maximum absolute atomic E-state index is 11.3. The molecule has 0 heterocycles. The van der Waals surface area contributed by atoms with Crippen molar-refractivity contribution in [1.82, 2.24) is 0 Å². The zero-order valence-corrected chi connectivity index (χ0v) is 14.0. The molecule has 0 saturated heterocycles. The number of aryl methyl sites for hydroxylation is 1. The van der Waals surface area contributed by atoms with Crippen molar-refractivity contribution >= 4 is 20.9 Å². The molecule has 0 bridgehead atoms. The van der Waals surface area contributed by atoms with Crippen molar-refractivity contribution in [3.05, 3.63) is 42.0 Å². The zero-order chi connectivity index (χ0) is 13.2. The van der Waals surface area contributed by atoms with Gasteiger partial charge in [-0.15, -0.1) is 0 Å². The Morgan fingerprint density at radius 3 is 2.47 bits per heavy atom. The molecule has 0 aliphatic carbocycles. The van der Waals surface area contributed by atoms with E-state index in [0.717, 1.165) is 30.2 Å². The molecule has 5 heteroatoms. The average Bonchev–Trinajstić information content (AvgIpc) is 2.34. The van der Waals surface area contributed by atoms with Gasteiger partial charge in [-0.3, -0.25) is 0 Å². The van der Waals surface area contributed by atoms with Crippen LogP contribution >= 0.6 is 0 Å². The molecule has 0 aromatic heterocycles. The van der Waals surface area contributed by atoms with Crippen LogP contribution in [0.1, 0.15) is 25.3 Å². The van der Waals surface area contributed by atoms with Gasteiger partial charge in [-0.25, -0.2) is 8.42 Å². The van der Waals surface area contributed by atoms with Gasteiger partial charge in [-0.2, -0.15) is 0 Å². The molecule has 96 valence electrons. The Kier molecular flexibility index (Phi) is 6.02. The number of hydrogen-bond donors (Lipinski definition) is 0. The van der Waals surface area contributed by atoms with Crippen LogP contribution in [0, 0.1) is 0 Å². The molecule has 0 saturated carbocycles. The predicted molar refractivity (Wildman–Crippen MR) is 70.5 cm³/mol. The molecule has 0 spiro atoms. The quantitative estimate of drug-likeness (QED) is 0.591. The van der Waals surface area contributed by atoms with Crippen LogP contribution < -0.4 is 29.6 Å². The zero-order valence-electron chi connectivity index (χ0n) is 11.2. The number of unbranched alkanes of at least 4 members (excludes halogenated alkanes) is 1. The summed E-state index contributed by atoms with van der Waals surface area (Å²) in [6.07, 6.45) is 2.81. The van der Waals surface area contributed by atoms with Crippen LogP contribution in [-0.2, 0) is 16.5 Å². The first kappa shape index (κ1) is 16.7. The molecule has 0 aliphatic heterocycles. The number of fused-ring (bicyclic) bond motifs is 1. The van der Waals surface area contributed by atoms with E-state index in [9.17, 15) is 13.0 Å². The van der Waals surface area contributed by atoms with E-state index in [1.54, 1.807) is 12.1 Å². The fraction of sp³-hybridized carbons (Fsp3) is 0.286. The average molecular weight is 286 g/mol. The molecule has 0 aliphatic rings. The van der Waals surface area contributed by atoms with Gasteiger partial charge in [0.2, 0.25) is 0 Å². The smallest absolute Gasteiger partial charge is 0.744 e. The number of hydrogen-bond acceptors (Lipinski definition) is 3. The molecule has 0 unspecified atom stereocenters. The van der Waals surface area contributed by atoms with Gasteiger partial charge in [0, 0.05) is 0 Å². The summed E-state index contributed by atoms with van der Waals surface area (Å²) in [5.74, 6) is 0. The van der Waals surface area contributed by atoms with Crippen molar-refractivity contribution in [2.24, 2.45) is 0 Å². The Morgan fingerprint density at radius 1 is 1.16 bits per heavy atom. The van der Waals surface area contributed by atoms with Crippen LogP contribution in [-0.4, -0.2) is 13.0 Å². The minimum absolute atomic E-state index is 0. The minimum atomic E-state index is -4.43. The first-order valence-electron chi connectivity index (χ1n) is 6.00. The topological polar surface area (TPSA) is 57.2 Å². The Bertz CT molecular complexity index is 665. The molecule has 3 nitrogen and oxygen atoms in total. The summed E-state index contributed by atoms with van der Waals surface area (Å²) in [5, 5.41) is 1.31. The predicted octanol–water partition coefficient (Wildman–Crippen LogP) is 0.0905. The van der Waals surface area contributed by atoms with Crippen LogP contribution in [0.5, 0.6) is 0 Å². The van der Waals surface area contributed by atoms with Gasteiger partial charge in [0.1, 0.15) is 10.1 Å². The summed E-state index contributed by atoms with van der Waals surface area (Å²) in [6.45, 7) is 2.08. The van der Waals surface area contributed by atoms with Crippen LogP contribution in [0.2, 0.25) is 0 Å². The first-order valence-corrected chi connectivity index (χ1v) is 7.41. The maximum Gasteiger partial charge on any atom is 1.00 e. The maximum atomic E-state index is 11.3. The van der Waals surface area contributed by atoms with Gasteiger partial charge in [0.15, 0.2) is 0 Å². The van der Waals surface area contributed by atoms with E-state index < -0.39 is 10.1 Å². The molecule has 2 aromatic rings. The largest absolute Gasteiger partial charge is 1.00 e. The van der Waals surface area contributed by atoms with Crippen LogP contribution in [0.25, 0.3) is 10.8 Å². The van der Waals surface area contributed by atoms with Gasteiger partial charge >= 0.3 is 29.6 Å². The van der Waals surface area contributed by atoms with Gasteiger partial charge in [0.05, 0.1) is 4.90 Å². The van der Waals surface area contributed by atoms with Crippen molar-refractivity contribution in [3.63, 3.8) is 0 Å². The second-order valence-electron chi connectivity index (χ2n) is 4.37. The summed E-state index contributed by atoms with van der Waals surface area (Å²) >= 11 is 0. The Hall–Kier alpha value is -0.390. The molecule has 0 amide bonds. The van der Waals surface area contributed by atoms with Crippen LogP contribution in [0.15, 0.2) is 41.3 Å². The molecule has 2 rings (SSSR count). The fourth-order valence-corrected chi connectivity index (χ4v) is 2.82. The summed E-state index contributed by atoms with van der Waals surface area (Å²) in [7, 11) is -4.43. The summed E-state index contributed by atoms with van der Waals surface area (Å²) in [5.41, 5.74) is 0.907. The third kappa shape index (κ3) is 4.04. The molecule has 0 N–H and O–H groups in total. The van der Waals surface area contributed by atoms with E-state index in [1.807, 2.05) is 18.2 Å². The van der Waals surface area contributed by atoms with Crippen LogP contribution in [0.3, 0.4) is 0 Å². The SMILES string of the molecule is CCCCc1cc(S(=O)(=O)[O-])c2ccccc2c1.[Na+]. The normalized spacial score (nSPS) is 11.3. The molecular weight excluding hydrogens is 271 g/mol. The van der Waals surface area contributed by atoms with Gasteiger partial charge in [-0.05, 0) is 35.2 Å². The molecule has 0 atom stereocenters. The van der Waals surface area contributed by atoms with Crippen molar-refractivity contribution in [2.75, 3.05) is 0 Å². The second-order valence-corrected chi connectivity index (χ2v) is 5.72. The monoisotopic (exact) mass is 286 g/mol. The summed E-state index contributed by atoms with van der Waals surface area (Å²) < 4.78 is 34.0. The third-order valence-corrected chi connectivity index (χ3v) is 3.85. The molecule has 0 fully saturated rings. The van der Waals surface area contributed by atoms with E-state index in [-0.39, 0.29) is 34.5 Å². The standard InChI is InChI=1S/C14H16O3S.Na/c1-2-3-6-11-9-12-7-4-5-8-13(12)14(10-11)18(15,16)17;/h4-5,7-10H,2-3,6H2,1H3,(H,15,16,17);/q;+1/p-1. The summed E-state index contributed by atoms with van der Waals surface area (Å²) in [4.78, 5) is -0.105. The van der Waals surface area contributed by atoms with Gasteiger partial charge in [0.25, 0.3) is 0 Å². The minimum Gasteiger partial charge on any atom is -0.744 e. The van der Waals surface area contributed by atoms with Crippen molar-refractivity contribution < 1.29 is 42.5 Å². The molecular formula is C14H15NaO3S. The summed E-state index contributed by atoms with van der Waals surface area (Å²) in [6, 6.07) is 10.6.